The molecule has 1 aromatic heterocycles. The molecule has 0 saturated heterocycles. The summed E-state index contributed by atoms with van der Waals surface area (Å²) in [5.74, 6) is -0.804. The second-order valence-corrected chi connectivity index (χ2v) is 4.15. The molecule has 0 amide bonds. The molecule has 0 aliphatic heterocycles. The van der Waals surface area contributed by atoms with E-state index in [9.17, 15) is 9.90 Å². The molecule has 1 aromatic carbocycles. The van der Waals surface area contributed by atoms with E-state index in [2.05, 4.69) is 0 Å². The van der Waals surface area contributed by atoms with Crippen LogP contribution in [0.1, 0.15) is 29.4 Å². The quantitative estimate of drug-likeness (QED) is 0.811. The monoisotopic (exact) mass is 217 g/mol. The van der Waals surface area contributed by atoms with Crippen molar-refractivity contribution in [1.29, 1.82) is 0 Å². The Kier molecular flexibility index (Phi) is 1.74. The van der Waals surface area contributed by atoms with Crippen LogP contribution in [0.15, 0.2) is 24.3 Å². The van der Waals surface area contributed by atoms with Gasteiger partial charge in [-0.25, -0.2) is 4.79 Å². The minimum Gasteiger partial charge on any atom is -0.507 e. The van der Waals surface area contributed by atoms with E-state index in [-0.39, 0.29) is 17.5 Å². The van der Waals surface area contributed by atoms with Gasteiger partial charge in [-0.2, -0.15) is 0 Å². The van der Waals surface area contributed by atoms with Gasteiger partial charge in [0.2, 0.25) is 0 Å². The highest BCUT2D eigenvalue weighted by Crippen LogP contribution is 2.41. The zero-order valence-electron chi connectivity index (χ0n) is 8.55. The van der Waals surface area contributed by atoms with Gasteiger partial charge in [-0.1, -0.05) is 6.07 Å². The summed E-state index contributed by atoms with van der Waals surface area (Å²) < 4.78 is 1.82. The van der Waals surface area contributed by atoms with Crippen molar-refractivity contribution in [1.82, 2.24) is 4.57 Å². The molecule has 0 bridgehead atoms. The fourth-order valence-corrected chi connectivity index (χ4v) is 2.13. The second kappa shape index (κ2) is 3.01. The first-order valence-corrected chi connectivity index (χ1v) is 5.24. The lowest BCUT2D eigenvalue weighted by atomic mass is 10.2. The first kappa shape index (κ1) is 9.27. The third-order valence-electron chi connectivity index (χ3n) is 2.99. The Labute approximate surface area is 91.7 Å². The number of aromatic hydroxyl groups is 1. The van der Waals surface area contributed by atoms with Crippen molar-refractivity contribution in [3.63, 3.8) is 0 Å². The molecule has 4 nitrogen and oxygen atoms in total. The Morgan fingerprint density at radius 3 is 2.75 bits per heavy atom. The number of carboxylic acid groups (broad SMARTS) is 1. The summed E-state index contributed by atoms with van der Waals surface area (Å²) in [6, 6.07) is 6.99. The fraction of sp³-hybridized carbons (Fsp3) is 0.250. The number of hydrogen-bond donors (Lipinski definition) is 2. The zero-order chi connectivity index (χ0) is 11.3. The van der Waals surface area contributed by atoms with E-state index >= 15 is 0 Å². The zero-order valence-corrected chi connectivity index (χ0v) is 8.55. The summed E-state index contributed by atoms with van der Waals surface area (Å²) in [5, 5.41) is 19.4. The molecule has 2 aromatic rings. The Bertz CT molecular complexity index is 581. The van der Waals surface area contributed by atoms with Gasteiger partial charge < -0.3 is 14.8 Å². The minimum absolute atomic E-state index is 0.138. The average Bonchev–Trinajstić information content (AvgIpc) is 2.99. The second-order valence-electron chi connectivity index (χ2n) is 4.15. The highest BCUT2D eigenvalue weighted by atomic mass is 16.4. The number of carboxylic acids is 1. The molecule has 1 aliphatic carbocycles. The Morgan fingerprint density at radius 2 is 2.12 bits per heavy atom. The molecule has 1 fully saturated rings. The van der Waals surface area contributed by atoms with Crippen LogP contribution < -0.4 is 0 Å². The van der Waals surface area contributed by atoms with Crippen molar-refractivity contribution in [2.45, 2.75) is 18.9 Å². The first-order valence-electron chi connectivity index (χ1n) is 5.24. The number of benzene rings is 1. The average molecular weight is 217 g/mol. The third-order valence-corrected chi connectivity index (χ3v) is 2.99. The van der Waals surface area contributed by atoms with Crippen molar-refractivity contribution >= 4 is 16.9 Å². The number of fused-ring (bicyclic) bond motifs is 1. The molecular formula is C12H11NO3. The van der Waals surface area contributed by atoms with Gasteiger partial charge in [0, 0.05) is 11.4 Å². The Balaban J connectivity index is 2.37. The Morgan fingerprint density at radius 1 is 1.38 bits per heavy atom. The van der Waals surface area contributed by atoms with Crippen LogP contribution >= 0.6 is 0 Å². The van der Waals surface area contributed by atoms with Crippen LogP contribution in [-0.2, 0) is 0 Å². The number of aromatic nitrogens is 1. The molecule has 1 saturated carbocycles. The summed E-state index contributed by atoms with van der Waals surface area (Å²) in [5.41, 5.74) is 1.07. The number of carbonyl (C=O) groups is 1. The van der Waals surface area contributed by atoms with Crippen LogP contribution in [0.3, 0.4) is 0 Å². The third kappa shape index (κ3) is 1.19. The largest absolute Gasteiger partial charge is 0.507 e. The van der Waals surface area contributed by atoms with Crippen LogP contribution in [-0.4, -0.2) is 20.7 Å². The predicted molar refractivity (Wildman–Crippen MR) is 58.8 cm³/mol. The van der Waals surface area contributed by atoms with Crippen molar-refractivity contribution in [2.24, 2.45) is 0 Å². The van der Waals surface area contributed by atoms with Crippen molar-refractivity contribution in [2.75, 3.05) is 0 Å². The van der Waals surface area contributed by atoms with Gasteiger partial charge in [-0.05, 0) is 31.0 Å². The van der Waals surface area contributed by atoms with Crippen LogP contribution in [0, 0.1) is 0 Å². The smallest absolute Gasteiger partial charge is 0.352 e. The van der Waals surface area contributed by atoms with Gasteiger partial charge in [-0.3, -0.25) is 0 Å². The van der Waals surface area contributed by atoms with Gasteiger partial charge in [0.25, 0.3) is 0 Å². The van der Waals surface area contributed by atoms with E-state index in [4.69, 9.17) is 5.11 Å². The number of phenols is 1. The maximum atomic E-state index is 11.1. The number of rotatable bonds is 2. The lowest BCUT2D eigenvalue weighted by Crippen LogP contribution is -2.06. The standard InChI is InChI=1S/C12H11NO3/c14-11-3-1-2-9-8(11)6-10(12(15)16)13(9)7-4-5-7/h1-3,6-7,14H,4-5H2,(H,15,16). The van der Waals surface area contributed by atoms with Crippen LogP contribution in [0.5, 0.6) is 5.75 Å². The van der Waals surface area contributed by atoms with E-state index < -0.39 is 5.97 Å². The molecule has 0 radical (unpaired) electrons. The van der Waals surface area contributed by atoms with E-state index in [1.54, 1.807) is 18.2 Å². The van der Waals surface area contributed by atoms with Gasteiger partial charge >= 0.3 is 5.97 Å². The van der Waals surface area contributed by atoms with E-state index in [1.165, 1.54) is 0 Å². The summed E-state index contributed by atoms with van der Waals surface area (Å²) in [6.07, 6.45) is 2.03. The first-order chi connectivity index (χ1) is 7.68. The van der Waals surface area contributed by atoms with E-state index in [0.717, 1.165) is 18.4 Å². The van der Waals surface area contributed by atoms with E-state index in [1.807, 2.05) is 10.6 Å². The number of hydrogen-bond acceptors (Lipinski definition) is 2. The molecule has 2 N–H and O–H groups in total. The van der Waals surface area contributed by atoms with Crippen molar-refractivity contribution in [3.05, 3.63) is 30.0 Å². The fourth-order valence-electron chi connectivity index (χ4n) is 2.13. The maximum Gasteiger partial charge on any atom is 0.352 e. The molecule has 0 unspecified atom stereocenters. The van der Waals surface area contributed by atoms with Crippen molar-refractivity contribution < 1.29 is 15.0 Å². The molecule has 3 rings (SSSR count). The van der Waals surface area contributed by atoms with Gasteiger partial charge in [0.15, 0.2) is 0 Å². The summed E-state index contributed by atoms with van der Waals surface area (Å²) >= 11 is 0. The number of nitrogens with zero attached hydrogens (tertiary/aromatic N) is 1. The molecule has 0 spiro atoms. The minimum atomic E-state index is -0.942. The van der Waals surface area contributed by atoms with Crippen LogP contribution in [0.25, 0.3) is 10.9 Å². The highest BCUT2D eigenvalue weighted by Gasteiger charge is 2.29. The van der Waals surface area contributed by atoms with E-state index in [0.29, 0.717) is 5.39 Å². The molecular weight excluding hydrogens is 206 g/mol. The molecule has 1 heterocycles. The molecule has 0 atom stereocenters. The normalized spacial score (nSPS) is 15.5. The molecule has 82 valence electrons. The summed E-state index contributed by atoms with van der Waals surface area (Å²) in [4.78, 5) is 11.1. The molecule has 4 heteroatoms. The maximum absolute atomic E-state index is 11.1. The number of aromatic carboxylic acids is 1. The SMILES string of the molecule is O=C(O)c1cc2c(O)cccc2n1C1CC1. The topological polar surface area (TPSA) is 62.5 Å². The molecule has 16 heavy (non-hydrogen) atoms. The van der Waals surface area contributed by atoms with Gasteiger partial charge in [0.1, 0.15) is 11.4 Å². The number of phenolic OH excluding ortho intramolecular Hbond substituents is 1. The van der Waals surface area contributed by atoms with Crippen LogP contribution in [0.4, 0.5) is 0 Å². The highest BCUT2D eigenvalue weighted by molar-refractivity contribution is 5.97. The van der Waals surface area contributed by atoms with Crippen molar-refractivity contribution in [3.8, 4) is 5.75 Å². The van der Waals surface area contributed by atoms with Gasteiger partial charge in [0.05, 0.1) is 5.52 Å². The van der Waals surface area contributed by atoms with Crippen LogP contribution in [0.2, 0.25) is 0 Å². The molecule has 1 aliphatic rings. The lowest BCUT2D eigenvalue weighted by Gasteiger charge is -2.05. The predicted octanol–water partition coefficient (Wildman–Crippen LogP) is 2.38. The van der Waals surface area contributed by atoms with Gasteiger partial charge in [-0.15, -0.1) is 0 Å². The lowest BCUT2D eigenvalue weighted by molar-refractivity contribution is 0.0685. The summed E-state index contributed by atoms with van der Waals surface area (Å²) in [6.45, 7) is 0. The Hall–Kier alpha value is -1.97. The summed E-state index contributed by atoms with van der Waals surface area (Å²) in [7, 11) is 0.